The number of amides is 1. The fourth-order valence-corrected chi connectivity index (χ4v) is 3.58. The number of aryl methyl sites for hydroxylation is 1. The second-order valence-corrected chi connectivity index (χ2v) is 7.38. The Labute approximate surface area is 174 Å². The van der Waals surface area contributed by atoms with E-state index in [1.807, 2.05) is 13.0 Å². The van der Waals surface area contributed by atoms with E-state index in [1.165, 1.54) is 12.1 Å². The molecule has 1 aromatic heterocycles. The fourth-order valence-electron chi connectivity index (χ4n) is 3.58. The second-order valence-electron chi connectivity index (χ2n) is 7.38. The van der Waals surface area contributed by atoms with E-state index in [2.05, 4.69) is 11.1 Å². The summed E-state index contributed by atoms with van der Waals surface area (Å²) >= 11 is 0. The molecule has 1 amide bonds. The van der Waals surface area contributed by atoms with Crippen molar-refractivity contribution in [2.75, 3.05) is 6.61 Å². The SMILES string of the molecule is Cc1ccc(OCC2Cc3cc(F)ccc3CN2C(=O)c2ccc(C#N)cc2)nc1. The lowest BCUT2D eigenvalue weighted by molar-refractivity contribution is 0.0562. The Morgan fingerprint density at radius 2 is 2.00 bits per heavy atom. The van der Waals surface area contributed by atoms with Crippen molar-refractivity contribution in [1.82, 2.24) is 9.88 Å². The van der Waals surface area contributed by atoms with E-state index < -0.39 is 0 Å². The highest BCUT2D eigenvalue weighted by molar-refractivity contribution is 5.94. The molecule has 6 heteroatoms. The molecule has 0 bridgehead atoms. The second kappa shape index (κ2) is 8.34. The summed E-state index contributed by atoms with van der Waals surface area (Å²) in [4.78, 5) is 19.2. The number of fused-ring (bicyclic) bond motifs is 1. The zero-order valence-corrected chi connectivity index (χ0v) is 16.5. The third kappa shape index (κ3) is 4.15. The average Bonchev–Trinajstić information content (AvgIpc) is 2.77. The number of halogens is 1. The summed E-state index contributed by atoms with van der Waals surface area (Å²) in [5.74, 6) is 0.0387. The lowest BCUT2D eigenvalue weighted by Crippen LogP contribution is -2.47. The van der Waals surface area contributed by atoms with Crippen LogP contribution in [0.2, 0.25) is 0 Å². The fraction of sp³-hybridized carbons (Fsp3) is 0.208. The molecule has 1 atom stereocenters. The van der Waals surface area contributed by atoms with Crippen molar-refractivity contribution in [1.29, 1.82) is 5.26 Å². The molecule has 0 spiro atoms. The lowest BCUT2D eigenvalue weighted by atomic mass is 9.93. The van der Waals surface area contributed by atoms with Crippen LogP contribution in [0, 0.1) is 24.1 Å². The summed E-state index contributed by atoms with van der Waals surface area (Å²) < 4.78 is 19.6. The van der Waals surface area contributed by atoms with Crippen LogP contribution in [-0.2, 0) is 13.0 Å². The van der Waals surface area contributed by atoms with E-state index in [-0.39, 0.29) is 24.4 Å². The first-order valence-electron chi connectivity index (χ1n) is 9.67. The predicted octanol–water partition coefficient (Wildman–Crippen LogP) is 4.05. The van der Waals surface area contributed by atoms with E-state index in [0.717, 1.165) is 16.7 Å². The van der Waals surface area contributed by atoms with Gasteiger partial charge in [-0.2, -0.15) is 5.26 Å². The molecule has 1 aliphatic rings. The molecule has 1 aliphatic heterocycles. The highest BCUT2D eigenvalue weighted by Gasteiger charge is 2.31. The van der Waals surface area contributed by atoms with E-state index in [1.54, 1.807) is 47.5 Å². The maximum Gasteiger partial charge on any atom is 0.254 e. The van der Waals surface area contributed by atoms with E-state index in [4.69, 9.17) is 10.00 Å². The number of pyridine rings is 1. The number of carbonyl (C=O) groups excluding carboxylic acids is 1. The molecule has 4 rings (SSSR count). The Hall–Kier alpha value is -3.72. The van der Waals surface area contributed by atoms with Gasteiger partial charge in [0.25, 0.3) is 5.91 Å². The lowest BCUT2D eigenvalue weighted by Gasteiger charge is -2.36. The molecule has 3 aromatic rings. The Morgan fingerprint density at radius 1 is 1.20 bits per heavy atom. The van der Waals surface area contributed by atoms with Gasteiger partial charge in [0.1, 0.15) is 12.4 Å². The first-order chi connectivity index (χ1) is 14.5. The number of nitrogens with zero attached hydrogens (tertiary/aromatic N) is 3. The molecule has 1 unspecified atom stereocenters. The van der Waals surface area contributed by atoms with Gasteiger partial charge < -0.3 is 9.64 Å². The number of rotatable bonds is 4. The zero-order chi connectivity index (χ0) is 21.1. The number of nitriles is 1. The first-order valence-corrected chi connectivity index (χ1v) is 9.67. The molecule has 0 fully saturated rings. The molecule has 0 saturated heterocycles. The number of hydrogen-bond donors (Lipinski definition) is 0. The van der Waals surface area contributed by atoms with E-state index >= 15 is 0 Å². The summed E-state index contributed by atoms with van der Waals surface area (Å²) in [5, 5.41) is 8.99. The Bertz CT molecular complexity index is 1100. The molecular weight excluding hydrogens is 381 g/mol. The first kappa shape index (κ1) is 19.6. The van der Waals surface area contributed by atoms with Crippen LogP contribution in [0.4, 0.5) is 4.39 Å². The van der Waals surface area contributed by atoms with Crippen LogP contribution in [0.15, 0.2) is 60.8 Å². The van der Waals surface area contributed by atoms with Gasteiger partial charge in [0.2, 0.25) is 5.88 Å². The number of ether oxygens (including phenoxy) is 1. The van der Waals surface area contributed by atoms with Gasteiger partial charge in [-0.1, -0.05) is 12.1 Å². The number of benzene rings is 2. The quantitative estimate of drug-likeness (QED) is 0.662. The maximum absolute atomic E-state index is 13.8. The molecule has 2 aromatic carbocycles. The van der Waals surface area contributed by atoms with E-state index in [9.17, 15) is 9.18 Å². The molecule has 0 aliphatic carbocycles. The van der Waals surface area contributed by atoms with E-state index in [0.29, 0.717) is 30.0 Å². The standard InChI is InChI=1S/C24H20FN3O2/c1-16-2-9-23(27-13-16)30-15-22-11-20-10-21(25)8-7-19(20)14-28(22)24(29)18-5-3-17(12-26)4-6-18/h2-10,13,22H,11,14-15H2,1H3. The van der Waals surface area contributed by atoms with Crippen LogP contribution in [-0.4, -0.2) is 28.4 Å². The maximum atomic E-state index is 13.8. The highest BCUT2D eigenvalue weighted by Crippen LogP contribution is 2.26. The van der Waals surface area contributed by atoms with Crippen LogP contribution in [0.5, 0.6) is 5.88 Å². The van der Waals surface area contributed by atoms with Crippen molar-refractivity contribution in [3.8, 4) is 11.9 Å². The third-order valence-corrected chi connectivity index (χ3v) is 5.23. The van der Waals surface area contributed by atoms with Crippen molar-refractivity contribution >= 4 is 5.91 Å². The molecule has 0 N–H and O–H groups in total. The summed E-state index contributed by atoms with van der Waals surface area (Å²) in [5.41, 5.74) is 3.82. The van der Waals surface area contributed by atoms with Crippen molar-refractivity contribution < 1.29 is 13.9 Å². The smallest absolute Gasteiger partial charge is 0.254 e. The molecular formula is C24H20FN3O2. The van der Waals surface area contributed by atoms with Gasteiger partial charge in [0.05, 0.1) is 17.7 Å². The van der Waals surface area contributed by atoms with Crippen molar-refractivity contribution in [2.24, 2.45) is 0 Å². The van der Waals surface area contributed by atoms with Gasteiger partial charge >= 0.3 is 0 Å². The van der Waals surface area contributed by atoms with Crippen molar-refractivity contribution in [3.63, 3.8) is 0 Å². The van der Waals surface area contributed by atoms with Gasteiger partial charge in [-0.25, -0.2) is 9.37 Å². The third-order valence-electron chi connectivity index (χ3n) is 5.23. The molecule has 150 valence electrons. The molecule has 5 nitrogen and oxygen atoms in total. The van der Waals surface area contributed by atoms with Gasteiger partial charge in [-0.05, 0) is 66.4 Å². The van der Waals surface area contributed by atoms with Crippen molar-refractivity contribution in [3.05, 3.63) is 94.4 Å². The molecule has 30 heavy (non-hydrogen) atoms. The monoisotopic (exact) mass is 401 g/mol. The molecule has 2 heterocycles. The normalized spacial score (nSPS) is 15.2. The Balaban J connectivity index is 1.60. The molecule has 0 radical (unpaired) electrons. The zero-order valence-electron chi connectivity index (χ0n) is 16.5. The molecule has 0 saturated carbocycles. The van der Waals surface area contributed by atoms with Crippen LogP contribution in [0.1, 0.15) is 32.6 Å². The van der Waals surface area contributed by atoms with Gasteiger partial charge in [-0.15, -0.1) is 0 Å². The van der Waals surface area contributed by atoms with Gasteiger partial charge in [0, 0.05) is 24.4 Å². The van der Waals surface area contributed by atoms with Crippen LogP contribution in [0.25, 0.3) is 0 Å². The topological polar surface area (TPSA) is 66.2 Å². The minimum Gasteiger partial charge on any atom is -0.475 e. The van der Waals surface area contributed by atoms with Crippen LogP contribution in [0.3, 0.4) is 0 Å². The average molecular weight is 401 g/mol. The van der Waals surface area contributed by atoms with Gasteiger partial charge in [0.15, 0.2) is 0 Å². The largest absolute Gasteiger partial charge is 0.475 e. The summed E-state index contributed by atoms with van der Waals surface area (Å²) in [6, 6.07) is 16.7. The van der Waals surface area contributed by atoms with Gasteiger partial charge in [-0.3, -0.25) is 4.79 Å². The highest BCUT2D eigenvalue weighted by atomic mass is 19.1. The minimum absolute atomic E-state index is 0.153. The number of hydrogen-bond acceptors (Lipinski definition) is 4. The Kier molecular flexibility index (Phi) is 5.44. The predicted molar refractivity (Wildman–Crippen MR) is 109 cm³/mol. The van der Waals surface area contributed by atoms with Crippen molar-refractivity contribution in [2.45, 2.75) is 25.9 Å². The minimum atomic E-state index is -0.291. The van der Waals surface area contributed by atoms with Crippen LogP contribution >= 0.6 is 0 Å². The Morgan fingerprint density at radius 3 is 2.70 bits per heavy atom. The summed E-state index contributed by atoms with van der Waals surface area (Å²) in [6.07, 6.45) is 2.21. The summed E-state index contributed by atoms with van der Waals surface area (Å²) in [7, 11) is 0. The summed E-state index contributed by atoms with van der Waals surface area (Å²) in [6.45, 7) is 2.55. The number of aromatic nitrogens is 1. The van der Waals surface area contributed by atoms with Crippen LogP contribution < -0.4 is 4.74 Å². The number of carbonyl (C=O) groups is 1.